The lowest BCUT2D eigenvalue weighted by Crippen LogP contribution is -2.42. The van der Waals surface area contributed by atoms with E-state index in [0.717, 1.165) is 26.5 Å². The largest absolute Gasteiger partial charge is 0.504 e. The molecule has 3 amide bonds. The van der Waals surface area contributed by atoms with Gasteiger partial charge in [0.1, 0.15) is 5.57 Å². The Balaban J connectivity index is 1.65. The maximum Gasteiger partial charge on any atom is 0.285 e. The molecule has 0 saturated heterocycles. The minimum atomic E-state index is -0.791. The average molecular weight is 720 g/mol. The van der Waals surface area contributed by atoms with Crippen LogP contribution in [-0.2, 0) is 14.4 Å². The van der Waals surface area contributed by atoms with E-state index in [-0.39, 0.29) is 39.5 Å². The van der Waals surface area contributed by atoms with Gasteiger partial charge >= 0.3 is 0 Å². The Morgan fingerprint density at radius 2 is 1.75 bits per heavy atom. The summed E-state index contributed by atoms with van der Waals surface area (Å²) in [5.41, 5.74) is 2.23. The molecule has 10 heteroatoms. The van der Waals surface area contributed by atoms with E-state index in [1.54, 1.807) is 43.4 Å². The summed E-state index contributed by atoms with van der Waals surface area (Å²) in [6.07, 6.45) is 7.85. The lowest BCUT2D eigenvalue weighted by Gasteiger charge is -2.28. The second-order valence-corrected chi connectivity index (χ2v) is 11.6. The molecule has 0 atom stereocenters. The highest BCUT2D eigenvalue weighted by Gasteiger charge is 2.35. The van der Waals surface area contributed by atoms with Crippen molar-refractivity contribution in [2.24, 2.45) is 4.99 Å². The summed E-state index contributed by atoms with van der Waals surface area (Å²) in [5.74, 6) is -1.87. The number of rotatable bonds is 10. The molecule has 0 spiro atoms. The van der Waals surface area contributed by atoms with Crippen molar-refractivity contribution in [3.05, 3.63) is 135 Å². The molecule has 1 aliphatic rings. The smallest absolute Gasteiger partial charge is 0.285 e. The normalized spacial score (nSPS) is 14.7. The van der Waals surface area contributed by atoms with Crippen LogP contribution in [0.3, 0.4) is 0 Å². The Labute approximate surface area is 274 Å². The SMILES string of the molecule is C=C/C=C\C(=C/C)N1C(=O)/C(=C/c2cc(I)cc(OC)c2O)C(=O)N=C1SCC(=O)NC(c1ccccc1)c1ccccc1. The van der Waals surface area contributed by atoms with Gasteiger partial charge in [0.05, 0.1) is 18.9 Å². The first-order valence-corrected chi connectivity index (χ1v) is 15.6. The molecule has 0 fully saturated rings. The van der Waals surface area contributed by atoms with Crippen molar-refractivity contribution < 1.29 is 24.2 Å². The first kappa shape index (κ1) is 32.5. The highest BCUT2D eigenvalue weighted by Crippen LogP contribution is 2.35. The summed E-state index contributed by atoms with van der Waals surface area (Å²) in [5, 5.41) is 13.8. The van der Waals surface area contributed by atoms with Crippen molar-refractivity contribution >= 4 is 63.3 Å². The number of hydrogen-bond donors (Lipinski definition) is 2. The third-order valence-corrected chi connectivity index (χ3v) is 8.06. The molecule has 2 N–H and O–H groups in total. The molecule has 0 aliphatic carbocycles. The number of phenolic OH excluding ortho intramolecular Hbond substituents is 1. The number of amides is 3. The number of thioether (sulfide) groups is 1. The number of aliphatic imine (C=N–C) groups is 1. The number of phenols is 1. The standard InChI is InChI=1S/C34H30IN3O5S/c1-4-6-17-26(5-2)38-33(42)27(19-24-18-25(35)20-28(43-3)31(24)40)32(41)37-34(38)44-21-29(39)36-30(22-13-9-7-10-14-22)23-15-11-8-12-16-23/h4-20,30,40H,1,21H2,2-3H3,(H,36,39)/b17-6-,26-5+,27-19+. The van der Waals surface area contributed by atoms with Crippen molar-refractivity contribution in [2.75, 3.05) is 12.9 Å². The molecule has 3 aromatic rings. The molecule has 0 aromatic heterocycles. The Morgan fingerprint density at radius 3 is 2.32 bits per heavy atom. The highest BCUT2D eigenvalue weighted by atomic mass is 127. The molecule has 44 heavy (non-hydrogen) atoms. The van der Waals surface area contributed by atoms with Gasteiger partial charge in [-0.2, -0.15) is 4.99 Å². The van der Waals surface area contributed by atoms with Crippen molar-refractivity contribution in [3.8, 4) is 11.5 Å². The lowest BCUT2D eigenvalue weighted by atomic mass is 9.99. The summed E-state index contributed by atoms with van der Waals surface area (Å²) in [4.78, 5) is 45.9. The van der Waals surface area contributed by atoms with Gasteiger partial charge < -0.3 is 15.2 Å². The third kappa shape index (κ3) is 7.74. The molecule has 0 radical (unpaired) electrons. The monoisotopic (exact) mass is 719 g/mol. The van der Waals surface area contributed by atoms with E-state index in [4.69, 9.17) is 4.74 Å². The van der Waals surface area contributed by atoms with Gasteiger partial charge in [0.2, 0.25) is 5.91 Å². The van der Waals surface area contributed by atoms with Gasteiger partial charge in [0, 0.05) is 14.8 Å². The van der Waals surface area contributed by atoms with Crippen LogP contribution in [-0.4, -0.2) is 45.8 Å². The molecular weight excluding hydrogens is 689 g/mol. The van der Waals surface area contributed by atoms with Crippen LogP contribution in [0.4, 0.5) is 0 Å². The van der Waals surface area contributed by atoms with E-state index in [0.29, 0.717) is 5.70 Å². The molecule has 8 nitrogen and oxygen atoms in total. The Hall–Kier alpha value is -4.42. The number of amidine groups is 1. The fourth-order valence-corrected chi connectivity index (χ4v) is 5.84. The Bertz CT molecular complexity index is 1640. The van der Waals surface area contributed by atoms with Gasteiger partial charge in [0.15, 0.2) is 16.7 Å². The predicted octanol–water partition coefficient (Wildman–Crippen LogP) is 6.40. The van der Waals surface area contributed by atoms with Crippen LogP contribution in [0.25, 0.3) is 6.08 Å². The van der Waals surface area contributed by atoms with Crippen LogP contribution in [0.5, 0.6) is 11.5 Å². The van der Waals surface area contributed by atoms with Crippen molar-refractivity contribution in [2.45, 2.75) is 13.0 Å². The molecule has 0 unspecified atom stereocenters. The van der Waals surface area contributed by atoms with E-state index in [1.165, 1.54) is 18.1 Å². The highest BCUT2D eigenvalue weighted by molar-refractivity contribution is 14.1. The first-order chi connectivity index (χ1) is 21.3. The number of ether oxygens (including phenoxy) is 1. The van der Waals surface area contributed by atoms with Gasteiger partial charge in [-0.25, -0.2) is 0 Å². The van der Waals surface area contributed by atoms with Crippen LogP contribution in [0.2, 0.25) is 0 Å². The van der Waals surface area contributed by atoms with Crippen LogP contribution in [0.15, 0.2) is 120 Å². The molecule has 0 saturated carbocycles. The van der Waals surface area contributed by atoms with E-state index >= 15 is 0 Å². The van der Waals surface area contributed by atoms with Gasteiger partial charge in [0.25, 0.3) is 11.8 Å². The number of aromatic hydroxyl groups is 1. The molecule has 224 valence electrons. The van der Waals surface area contributed by atoms with Crippen molar-refractivity contribution in [3.63, 3.8) is 0 Å². The van der Waals surface area contributed by atoms with Gasteiger partial charge in [-0.3, -0.25) is 19.3 Å². The number of nitrogens with zero attached hydrogens (tertiary/aromatic N) is 2. The third-order valence-electron chi connectivity index (χ3n) is 6.50. The summed E-state index contributed by atoms with van der Waals surface area (Å²) < 4.78 is 5.96. The van der Waals surface area contributed by atoms with Gasteiger partial charge in [-0.15, -0.1) is 0 Å². The molecule has 1 heterocycles. The van der Waals surface area contributed by atoms with Crippen LogP contribution < -0.4 is 10.1 Å². The number of allylic oxidation sites excluding steroid dienone is 4. The number of methoxy groups -OCH3 is 1. The van der Waals surface area contributed by atoms with Crippen molar-refractivity contribution in [1.29, 1.82) is 0 Å². The lowest BCUT2D eigenvalue weighted by molar-refractivity contribution is -0.126. The van der Waals surface area contributed by atoms with E-state index in [9.17, 15) is 19.5 Å². The quantitative estimate of drug-likeness (QED) is 0.109. The second kappa shape index (κ2) is 15.3. The maximum absolute atomic E-state index is 13.9. The van der Waals surface area contributed by atoms with E-state index in [2.05, 4.69) is 39.5 Å². The van der Waals surface area contributed by atoms with Crippen LogP contribution >= 0.6 is 34.4 Å². The molecular formula is C34H30IN3O5S. The molecule has 4 rings (SSSR count). The van der Waals surface area contributed by atoms with E-state index in [1.807, 2.05) is 60.7 Å². The number of carbonyl (C=O) groups is 3. The summed E-state index contributed by atoms with van der Waals surface area (Å²) in [7, 11) is 1.41. The Kier molecular flexibility index (Phi) is 11.3. The van der Waals surface area contributed by atoms with Gasteiger partial charge in [-0.05, 0) is 64.9 Å². The number of carbonyl (C=O) groups excluding carboxylic acids is 3. The zero-order valence-corrected chi connectivity index (χ0v) is 27.0. The number of hydrogen-bond acceptors (Lipinski definition) is 6. The van der Waals surface area contributed by atoms with E-state index < -0.39 is 17.9 Å². The fraction of sp³-hybridized carbons (Fsp3) is 0.118. The minimum Gasteiger partial charge on any atom is -0.504 e. The molecule has 0 bridgehead atoms. The second-order valence-electron chi connectivity index (χ2n) is 9.36. The Morgan fingerprint density at radius 1 is 1.11 bits per heavy atom. The van der Waals surface area contributed by atoms with Gasteiger partial charge in [-0.1, -0.05) is 97.2 Å². The summed E-state index contributed by atoms with van der Waals surface area (Å²) in [6, 6.07) is 22.1. The summed E-state index contributed by atoms with van der Waals surface area (Å²) >= 11 is 3.02. The average Bonchev–Trinajstić information content (AvgIpc) is 3.04. The number of nitrogens with one attached hydrogen (secondary N) is 1. The van der Waals surface area contributed by atoms with Crippen molar-refractivity contribution in [1.82, 2.24) is 10.2 Å². The molecule has 1 aliphatic heterocycles. The number of benzene rings is 3. The number of halogens is 1. The predicted molar refractivity (Wildman–Crippen MR) is 183 cm³/mol. The zero-order chi connectivity index (χ0) is 31.6. The van der Waals surface area contributed by atoms with Crippen LogP contribution in [0, 0.1) is 3.57 Å². The minimum absolute atomic E-state index is 0.0505. The summed E-state index contributed by atoms with van der Waals surface area (Å²) in [6.45, 7) is 5.43. The molecule has 3 aromatic carbocycles. The fourth-order valence-electron chi connectivity index (χ4n) is 4.41. The zero-order valence-electron chi connectivity index (χ0n) is 24.1. The topological polar surface area (TPSA) is 108 Å². The maximum atomic E-state index is 13.9. The van der Waals surface area contributed by atoms with Crippen LogP contribution in [0.1, 0.15) is 29.7 Å². The first-order valence-electron chi connectivity index (χ1n) is 13.5.